The van der Waals surface area contributed by atoms with Crippen LogP contribution in [0.25, 0.3) is 0 Å². The van der Waals surface area contributed by atoms with Gasteiger partial charge in [-0.2, -0.15) is 11.8 Å². The van der Waals surface area contributed by atoms with Gasteiger partial charge in [-0.3, -0.25) is 0 Å². The van der Waals surface area contributed by atoms with Gasteiger partial charge in [-0.05, 0) is 49.7 Å². The summed E-state index contributed by atoms with van der Waals surface area (Å²) in [5.74, 6) is 7.60. The number of thioether (sulfide) groups is 1. The highest BCUT2D eigenvalue weighted by atomic mass is 32.2. The zero-order valence-electron chi connectivity index (χ0n) is 10.7. The van der Waals surface area contributed by atoms with Crippen molar-refractivity contribution in [3.63, 3.8) is 0 Å². The second-order valence-corrected chi connectivity index (χ2v) is 6.70. The van der Waals surface area contributed by atoms with Gasteiger partial charge in [-0.1, -0.05) is 6.42 Å². The van der Waals surface area contributed by atoms with E-state index in [-0.39, 0.29) is 0 Å². The van der Waals surface area contributed by atoms with E-state index in [0.717, 1.165) is 35.2 Å². The van der Waals surface area contributed by atoms with Crippen molar-refractivity contribution in [3.05, 3.63) is 11.6 Å². The monoisotopic (exact) mass is 251 g/mol. The first-order chi connectivity index (χ1) is 8.24. The Hall–Kier alpha value is -0.510. The number of hydrogen-bond donors (Lipinski definition) is 0. The maximum atomic E-state index is 4.22. The highest BCUT2D eigenvalue weighted by Crippen LogP contribution is 2.49. The molecule has 2 fully saturated rings. The zero-order valence-corrected chi connectivity index (χ0v) is 11.5. The minimum atomic E-state index is 0.994. The van der Waals surface area contributed by atoms with E-state index in [9.17, 15) is 0 Å². The SMILES string of the molecule is Cc1nnc(CSC[C@@H]2C[C@H]3CC[C@H]2C3)n1C. The fraction of sp³-hybridized carbons (Fsp3) is 0.846. The third-order valence-corrected chi connectivity index (χ3v) is 5.76. The third kappa shape index (κ3) is 2.24. The van der Waals surface area contributed by atoms with Gasteiger partial charge in [0.1, 0.15) is 11.6 Å². The largest absolute Gasteiger partial charge is 0.318 e. The molecule has 2 saturated carbocycles. The summed E-state index contributed by atoms with van der Waals surface area (Å²) >= 11 is 2.05. The molecule has 2 bridgehead atoms. The van der Waals surface area contributed by atoms with E-state index >= 15 is 0 Å². The summed E-state index contributed by atoms with van der Waals surface area (Å²) in [7, 11) is 2.06. The molecule has 4 heteroatoms. The minimum absolute atomic E-state index is 0.994. The Bertz CT molecular complexity index is 401. The van der Waals surface area contributed by atoms with Gasteiger partial charge >= 0.3 is 0 Å². The Morgan fingerprint density at radius 3 is 2.76 bits per heavy atom. The molecule has 17 heavy (non-hydrogen) atoms. The van der Waals surface area contributed by atoms with Crippen LogP contribution in [0.4, 0.5) is 0 Å². The average Bonchev–Trinajstić information content (AvgIpc) is 3.00. The van der Waals surface area contributed by atoms with Gasteiger partial charge in [0.05, 0.1) is 5.75 Å². The summed E-state index contributed by atoms with van der Waals surface area (Å²) in [4.78, 5) is 0. The van der Waals surface area contributed by atoms with Crippen LogP contribution in [0.2, 0.25) is 0 Å². The summed E-state index contributed by atoms with van der Waals surface area (Å²) < 4.78 is 2.10. The van der Waals surface area contributed by atoms with Crippen LogP contribution in [0.3, 0.4) is 0 Å². The number of aryl methyl sites for hydroxylation is 1. The predicted octanol–water partition coefficient (Wildman–Crippen LogP) is 2.79. The summed E-state index contributed by atoms with van der Waals surface area (Å²) in [6, 6.07) is 0. The molecule has 0 saturated heterocycles. The Morgan fingerprint density at radius 1 is 1.29 bits per heavy atom. The lowest BCUT2D eigenvalue weighted by molar-refractivity contribution is 0.365. The van der Waals surface area contributed by atoms with Crippen molar-refractivity contribution in [1.82, 2.24) is 14.8 Å². The second kappa shape index (κ2) is 4.63. The standard InChI is InChI=1S/C13H21N3S/c1-9-14-15-13(16(9)2)8-17-7-12-6-10-3-4-11(12)5-10/h10-12H,3-8H2,1-2H3/t10-,11-,12-/m0/s1. The van der Waals surface area contributed by atoms with Crippen molar-refractivity contribution in [1.29, 1.82) is 0 Å². The van der Waals surface area contributed by atoms with Crippen LogP contribution in [0.15, 0.2) is 0 Å². The van der Waals surface area contributed by atoms with Gasteiger partial charge in [0.2, 0.25) is 0 Å². The van der Waals surface area contributed by atoms with Crippen LogP contribution < -0.4 is 0 Å². The highest BCUT2D eigenvalue weighted by molar-refractivity contribution is 7.98. The molecular weight excluding hydrogens is 230 g/mol. The van der Waals surface area contributed by atoms with Crippen LogP contribution in [0.1, 0.15) is 37.3 Å². The zero-order chi connectivity index (χ0) is 11.8. The van der Waals surface area contributed by atoms with E-state index in [4.69, 9.17) is 0 Å². The smallest absolute Gasteiger partial charge is 0.142 e. The number of rotatable bonds is 4. The van der Waals surface area contributed by atoms with Gasteiger partial charge in [-0.15, -0.1) is 10.2 Å². The fourth-order valence-electron chi connectivity index (χ4n) is 3.46. The number of fused-ring (bicyclic) bond motifs is 2. The van der Waals surface area contributed by atoms with Crippen molar-refractivity contribution in [2.75, 3.05) is 5.75 Å². The first-order valence-electron chi connectivity index (χ1n) is 6.66. The molecule has 0 unspecified atom stereocenters. The van der Waals surface area contributed by atoms with Crippen molar-refractivity contribution in [2.24, 2.45) is 24.8 Å². The first-order valence-corrected chi connectivity index (χ1v) is 7.82. The topological polar surface area (TPSA) is 30.7 Å². The lowest BCUT2D eigenvalue weighted by Crippen LogP contribution is -2.13. The van der Waals surface area contributed by atoms with E-state index in [2.05, 4.69) is 21.8 Å². The molecule has 2 aliphatic rings. The van der Waals surface area contributed by atoms with E-state index in [1.165, 1.54) is 31.4 Å². The van der Waals surface area contributed by atoms with Gasteiger partial charge in [0.15, 0.2) is 0 Å². The summed E-state index contributed by atoms with van der Waals surface area (Å²) in [5, 5.41) is 8.32. The number of aromatic nitrogens is 3. The average molecular weight is 251 g/mol. The van der Waals surface area contributed by atoms with E-state index in [1.54, 1.807) is 0 Å². The molecule has 3 atom stereocenters. The molecule has 3 nitrogen and oxygen atoms in total. The highest BCUT2D eigenvalue weighted by Gasteiger charge is 2.38. The molecule has 2 aliphatic carbocycles. The van der Waals surface area contributed by atoms with Gasteiger partial charge < -0.3 is 4.57 Å². The second-order valence-electron chi connectivity index (χ2n) is 5.67. The Balaban J connectivity index is 1.48. The number of hydrogen-bond acceptors (Lipinski definition) is 3. The van der Waals surface area contributed by atoms with Crippen molar-refractivity contribution in [2.45, 2.75) is 38.4 Å². The Labute approximate surface area is 107 Å². The molecule has 0 aromatic carbocycles. The summed E-state index contributed by atoms with van der Waals surface area (Å²) in [6.45, 7) is 2.01. The van der Waals surface area contributed by atoms with Crippen molar-refractivity contribution >= 4 is 11.8 Å². The summed E-state index contributed by atoms with van der Waals surface area (Å²) in [5.41, 5.74) is 0. The Morgan fingerprint density at radius 2 is 2.18 bits per heavy atom. The molecule has 1 aromatic rings. The normalized spacial score (nSPS) is 31.3. The van der Waals surface area contributed by atoms with E-state index in [0.29, 0.717) is 0 Å². The van der Waals surface area contributed by atoms with Crippen LogP contribution in [-0.4, -0.2) is 20.5 Å². The molecular formula is C13H21N3S. The third-order valence-electron chi connectivity index (χ3n) is 4.63. The van der Waals surface area contributed by atoms with Crippen LogP contribution in [0, 0.1) is 24.7 Å². The van der Waals surface area contributed by atoms with Crippen molar-refractivity contribution in [3.8, 4) is 0 Å². The lowest BCUT2D eigenvalue weighted by Gasteiger charge is -2.20. The molecule has 1 heterocycles. The van der Waals surface area contributed by atoms with E-state index in [1.807, 2.05) is 18.7 Å². The molecule has 1 aromatic heterocycles. The Kier molecular flexibility index (Phi) is 3.16. The van der Waals surface area contributed by atoms with Crippen LogP contribution >= 0.6 is 11.8 Å². The quantitative estimate of drug-likeness (QED) is 0.824. The predicted molar refractivity (Wildman–Crippen MR) is 70.8 cm³/mol. The number of nitrogens with zero attached hydrogens (tertiary/aromatic N) is 3. The van der Waals surface area contributed by atoms with Crippen LogP contribution in [-0.2, 0) is 12.8 Å². The molecule has 3 rings (SSSR count). The van der Waals surface area contributed by atoms with Crippen molar-refractivity contribution < 1.29 is 0 Å². The molecule has 94 valence electrons. The molecule has 0 N–H and O–H groups in total. The molecule has 0 amide bonds. The summed E-state index contributed by atoms with van der Waals surface area (Å²) in [6.07, 6.45) is 6.02. The molecule has 0 spiro atoms. The minimum Gasteiger partial charge on any atom is -0.318 e. The fourth-order valence-corrected chi connectivity index (χ4v) is 4.72. The van der Waals surface area contributed by atoms with E-state index < -0.39 is 0 Å². The maximum absolute atomic E-state index is 4.22. The molecule has 0 aliphatic heterocycles. The lowest BCUT2D eigenvalue weighted by atomic mass is 9.90. The van der Waals surface area contributed by atoms with Gasteiger partial charge in [0, 0.05) is 7.05 Å². The first kappa shape index (κ1) is 11.6. The van der Waals surface area contributed by atoms with Crippen LogP contribution in [0.5, 0.6) is 0 Å². The maximum Gasteiger partial charge on any atom is 0.142 e. The van der Waals surface area contributed by atoms with Gasteiger partial charge in [-0.25, -0.2) is 0 Å². The van der Waals surface area contributed by atoms with Gasteiger partial charge in [0.25, 0.3) is 0 Å². The molecule has 0 radical (unpaired) electrons.